The van der Waals surface area contributed by atoms with E-state index in [9.17, 15) is 13.2 Å². The van der Waals surface area contributed by atoms with E-state index in [1.54, 1.807) is 6.07 Å². The monoisotopic (exact) mass is 286 g/mol. The number of alkyl halides is 3. The Kier molecular flexibility index (Phi) is 4.00. The van der Waals surface area contributed by atoms with Crippen LogP contribution in [-0.2, 0) is 12.6 Å². The van der Waals surface area contributed by atoms with Gasteiger partial charge in [-0.05, 0) is 57.4 Å². The van der Waals surface area contributed by atoms with Gasteiger partial charge in [0, 0.05) is 23.8 Å². The number of hydrogen-bond donors (Lipinski definition) is 1. The fourth-order valence-corrected chi connectivity index (χ4v) is 3.05. The summed E-state index contributed by atoms with van der Waals surface area (Å²) in [6.07, 6.45) is -2.86. The minimum absolute atomic E-state index is 0.0395. The van der Waals surface area contributed by atoms with Crippen molar-refractivity contribution in [3.63, 3.8) is 0 Å². The van der Waals surface area contributed by atoms with Crippen LogP contribution in [0.15, 0.2) is 18.2 Å². The molecular formula is C15H21F3N2. The number of fused-ring (bicyclic) bond motifs is 1. The molecule has 1 aromatic carbocycles. The minimum atomic E-state index is -4.28. The van der Waals surface area contributed by atoms with Gasteiger partial charge in [0.15, 0.2) is 0 Å². The Morgan fingerprint density at radius 2 is 1.95 bits per heavy atom. The van der Waals surface area contributed by atoms with Crippen molar-refractivity contribution in [1.29, 1.82) is 0 Å². The van der Waals surface area contributed by atoms with E-state index in [-0.39, 0.29) is 18.1 Å². The van der Waals surface area contributed by atoms with Gasteiger partial charge >= 0.3 is 6.18 Å². The third kappa shape index (κ3) is 2.92. The van der Waals surface area contributed by atoms with E-state index >= 15 is 0 Å². The summed E-state index contributed by atoms with van der Waals surface area (Å²) in [5.41, 5.74) is 6.99. The predicted octanol–water partition coefficient (Wildman–Crippen LogP) is 3.58. The lowest BCUT2D eigenvalue weighted by Crippen LogP contribution is -2.40. The fourth-order valence-electron chi connectivity index (χ4n) is 3.05. The molecule has 0 radical (unpaired) electrons. The zero-order valence-electron chi connectivity index (χ0n) is 12.0. The van der Waals surface area contributed by atoms with E-state index in [0.717, 1.165) is 17.7 Å². The Labute approximate surface area is 117 Å². The molecule has 0 saturated carbocycles. The van der Waals surface area contributed by atoms with Crippen LogP contribution in [0.1, 0.15) is 38.3 Å². The summed E-state index contributed by atoms with van der Waals surface area (Å²) >= 11 is 0. The molecule has 0 aromatic heterocycles. The van der Waals surface area contributed by atoms with Crippen molar-refractivity contribution >= 4 is 5.69 Å². The fraction of sp³-hybridized carbons (Fsp3) is 0.600. The molecule has 0 aliphatic carbocycles. The molecule has 0 bridgehead atoms. The molecule has 1 aliphatic heterocycles. The standard InChI is InChI=1S/C15H21F3N2/c1-9(2)20-13(6-10(3)19)8-11-7-12(15(16,17)18)4-5-14(11)20/h4-5,7,9-10,13H,6,8,19H2,1-3H3. The summed E-state index contributed by atoms with van der Waals surface area (Å²) in [4.78, 5) is 2.19. The molecule has 0 fully saturated rings. The number of rotatable bonds is 3. The summed E-state index contributed by atoms with van der Waals surface area (Å²) in [7, 11) is 0. The topological polar surface area (TPSA) is 29.3 Å². The van der Waals surface area contributed by atoms with Crippen LogP contribution >= 0.6 is 0 Å². The van der Waals surface area contributed by atoms with Gasteiger partial charge in [-0.2, -0.15) is 13.2 Å². The van der Waals surface area contributed by atoms with Crippen LogP contribution in [0.3, 0.4) is 0 Å². The Bertz CT molecular complexity index is 480. The SMILES string of the molecule is CC(N)CC1Cc2cc(C(F)(F)F)ccc2N1C(C)C. The Morgan fingerprint density at radius 3 is 2.45 bits per heavy atom. The average Bonchev–Trinajstić information content (AvgIpc) is 2.63. The zero-order chi connectivity index (χ0) is 15.1. The van der Waals surface area contributed by atoms with Crippen LogP contribution in [0.5, 0.6) is 0 Å². The van der Waals surface area contributed by atoms with E-state index in [1.807, 2.05) is 6.92 Å². The molecule has 1 heterocycles. The van der Waals surface area contributed by atoms with Gasteiger partial charge in [0.2, 0.25) is 0 Å². The molecule has 2 atom stereocenters. The van der Waals surface area contributed by atoms with Crippen molar-refractivity contribution in [2.45, 2.75) is 57.9 Å². The van der Waals surface area contributed by atoms with Crippen molar-refractivity contribution in [3.8, 4) is 0 Å². The van der Waals surface area contributed by atoms with Gasteiger partial charge < -0.3 is 10.6 Å². The van der Waals surface area contributed by atoms with Gasteiger partial charge in [0.05, 0.1) is 5.56 Å². The van der Waals surface area contributed by atoms with Crippen molar-refractivity contribution in [1.82, 2.24) is 0 Å². The first kappa shape index (κ1) is 15.2. The van der Waals surface area contributed by atoms with Crippen molar-refractivity contribution in [2.75, 3.05) is 4.90 Å². The third-order valence-corrected chi connectivity index (χ3v) is 3.73. The highest BCUT2D eigenvalue weighted by Gasteiger charge is 2.35. The predicted molar refractivity (Wildman–Crippen MR) is 74.8 cm³/mol. The number of hydrogen-bond acceptors (Lipinski definition) is 2. The van der Waals surface area contributed by atoms with Gasteiger partial charge in [-0.25, -0.2) is 0 Å². The highest BCUT2D eigenvalue weighted by Crippen LogP contribution is 2.39. The molecule has 0 saturated heterocycles. The first-order chi connectivity index (χ1) is 9.20. The van der Waals surface area contributed by atoms with E-state index < -0.39 is 11.7 Å². The van der Waals surface area contributed by atoms with Crippen LogP contribution in [0.2, 0.25) is 0 Å². The molecule has 1 aliphatic rings. The van der Waals surface area contributed by atoms with Crippen LogP contribution in [0, 0.1) is 0 Å². The van der Waals surface area contributed by atoms with Gasteiger partial charge in [0.25, 0.3) is 0 Å². The molecule has 1 aromatic rings. The summed E-state index contributed by atoms with van der Waals surface area (Å²) in [6.45, 7) is 6.05. The molecule has 0 spiro atoms. The maximum atomic E-state index is 12.8. The number of halogens is 3. The van der Waals surface area contributed by atoms with Crippen LogP contribution < -0.4 is 10.6 Å². The summed E-state index contributed by atoms with van der Waals surface area (Å²) in [5, 5.41) is 0. The second kappa shape index (κ2) is 5.28. The van der Waals surface area contributed by atoms with Crippen molar-refractivity contribution < 1.29 is 13.2 Å². The van der Waals surface area contributed by atoms with Gasteiger partial charge in [-0.3, -0.25) is 0 Å². The van der Waals surface area contributed by atoms with Gasteiger partial charge in [-0.15, -0.1) is 0 Å². The van der Waals surface area contributed by atoms with E-state index in [4.69, 9.17) is 5.73 Å². The Hall–Kier alpha value is -1.23. The van der Waals surface area contributed by atoms with Gasteiger partial charge in [0.1, 0.15) is 0 Å². The number of anilines is 1. The second-order valence-corrected chi connectivity index (χ2v) is 5.91. The maximum Gasteiger partial charge on any atom is 0.416 e. The lowest BCUT2D eigenvalue weighted by molar-refractivity contribution is -0.137. The molecule has 0 amide bonds. The first-order valence-electron chi connectivity index (χ1n) is 6.94. The molecule has 2 nitrogen and oxygen atoms in total. The highest BCUT2D eigenvalue weighted by atomic mass is 19.4. The third-order valence-electron chi connectivity index (χ3n) is 3.73. The van der Waals surface area contributed by atoms with E-state index in [0.29, 0.717) is 6.42 Å². The minimum Gasteiger partial charge on any atom is -0.366 e. The van der Waals surface area contributed by atoms with Crippen molar-refractivity contribution in [2.24, 2.45) is 5.73 Å². The van der Waals surface area contributed by atoms with Crippen LogP contribution in [0.25, 0.3) is 0 Å². The molecule has 5 heteroatoms. The van der Waals surface area contributed by atoms with Gasteiger partial charge in [-0.1, -0.05) is 0 Å². The van der Waals surface area contributed by atoms with Crippen LogP contribution in [0.4, 0.5) is 18.9 Å². The quantitative estimate of drug-likeness (QED) is 0.920. The Morgan fingerprint density at radius 1 is 1.30 bits per heavy atom. The number of nitrogens with two attached hydrogens (primary N) is 1. The molecule has 112 valence electrons. The van der Waals surface area contributed by atoms with E-state index in [1.165, 1.54) is 12.1 Å². The second-order valence-electron chi connectivity index (χ2n) is 5.91. The smallest absolute Gasteiger partial charge is 0.366 e. The number of benzene rings is 1. The average molecular weight is 286 g/mol. The largest absolute Gasteiger partial charge is 0.416 e. The lowest BCUT2D eigenvalue weighted by Gasteiger charge is -2.32. The Balaban J connectivity index is 2.35. The summed E-state index contributed by atoms with van der Waals surface area (Å²) in [6, 6.07) is 4.52. The van der Waals surface area contributed by atoms with E-state index in [2.05, 4.69) is 18.7 Å². The highest BCUT2D eigenvalue weighted by molar-refractivity contribution is 5.61. The summed E-state index contributed by atoms with van der Waals surface area (Å²) < 4.78 is 38.4. The van der Waals surface area contributed by atoms with Crippen molar-refractivity contribution in [3.05, 3.63) is 29.3 Å². The normalized spacial score (nSPS) is 20.4. The maximum absolute atomic E-state index is 12.8. The number of nitrogens with zero attached hydrogens (tertiary/aromatic N) is 1. The lowest BCUT2D eigenvalue weighted by atomic mass is 10.0. The molecule has 2 rings (SSSR count). The molecular weight excluding hydrogens is 265 g/mol. The first-order valence-corrected chi connectivity index (χ1v) is 6.94. The molecule has 2 unspecified atom stereocenters. The summed E-state index contributed by atoms with van der Waals surface area (Å²) in [5.74, 6) is 0. The molecule has 2 N–H and O–H groups in total. The molecule has 20 heavy (non-hydrogen) atoms. The van der Waals surface area contributed by atoms with Crippen LogP contribution in [-0.4, -0.2) is 18.1 Å². The zero-order valence-corrected chi connectivity index (χ0v) is 12.0.